The molecule has 31 heavy (non-hydrogen) atoms. The van der Waals surface area contributed by atoms with Crippen molar-refractivity contribution in [3.63, 3.8) is 0 Å². The lowest BCUT2D eigenvalue weighted by Crippen LogP contribution is -2.57. The molecule has 0 radical (unpaired) electrons. The van der Waals surface area contributed by atoms with E-state index in [0.717, 1.165) is 16.5 Å². The van der Waals surface area contributed by atoms with Gasteiger partial charge in [-0.1, -0.05) is 41.9 Å². The van der Waals surface area contributed by atoms with E-state index in [9.17, 15) is 15.3 Å². The van der Waals surface area contributed by atoms with Crippen molar-refractivity contribution >= 4 is 22.5 Å². The second-order valence-corrected chi connectivity index (χ2v) is 9.07. The fourth-order valence-electron chi connectivity index (χ4n) is 4.59. The maximum atomic E-state index is 10.7. The molecule has 0 spiro atoms. The van der Waals surface area contributed by atoms with E-state index in [1.807, 2.05) is 24.4 Å². The van der Waals surface area contributed by atoms with Crippen LogP contribution in [0.4, 0.5) is 0 Å². The summed E-state index contributed by atoms with van der Waals surface area (Å²) in [6, 6.07) is 14.3. The van der Waals surface area contributed by atoms with Gasteiger partial charge in [0.05, 0.1) is 10.5 Å². The van der Waals surface area contributed by atoms with E-state index in [2.05, 4.69) is 24.3 Å². The van der Waals surface area contributed by atoms with Gasteiger partial charge < -0.3 is 30.4 Å². The average molecular weight is 443 g/mol. The first-order valence-corrected chi connectivity index (χ1v) is 11.1. The Hall–Kier alpha value is -1.93. The number of hydrogen-bond donors (Lipinski definition) is 4. The number of nitrogens with zero attached hydrogens (tertiary/aromatic N) is 1. The molecule has 0 unspecified atom stereocenters. The van der Waals surface area contributed by atoms with Gasteiger partial charge in [0.2, 0.25) is 0 Å². The third kappa shape index (κ3) is 3.78. The van der Waals surface area contributed by atoms with Gasteiger partial charge in [-0.25, -0.2) is 0 Å². The maximum Gasteiger partial charge on any atom is 0.163 e. The van der Waals surface area contributed by atoms with Gasteiger partial charge in [0.25, 0.3) is 0 Å². The Morgan fingerprint density at radius 3 is 2.42 bits per heavy atom. The first kappa shape index (κ1) is 20.9. The highest BCUT2D eigenvalue weighted by Gasteiger charge is 2.44. The summed E-state index contributed by atoms with van der Waals surface area (Å²) in [7, 11) is 0. The van der Waals surface area contributed by atoms with Crippen LogP contribution in [0.25, 0.3) is 10.9 Å². The van der Waals surface area contributed by atoms with Crippen LogP contribution in [-0.4, -0.2) is 50.8 Å². The zero-order chi connectivity index (χ0) is 21.7. The van der Waals surface area contributed by atoms with Crippen molar-refractivity contribution in [2.24, 2.45) is 5.73 Å². The van der Waals surface area contributed by atoms with Crippen LogP contribution in [0.2, 0.25) is 5.02 Å². The largest absolute Gasteiger partial charge is 0.388 e. The van der Waals surface area contributed by atoms with Crippen LogP contribution in [-0.2, 0) is 11.2 Å². The molecular formula is C24H27ClN2O4. The molecule has 1 saturated heterocycles. The SMILES string of the molecule is NC[C@H]1O[C@@H](n2cc(Cc3ccc(C4CC4)cc3)c3c(Cl)cccc32)[C@H](O)[C@@H](O)[C@@H]1O. The van der Waals surface area contributed by atoms with Crippen molar-refractivity contribution in [3.8, 4) is 0 Å². The zero-order valence-electron chi connectivity index (χ0n) is 17.1. The van der Waals surface area contributed by atoms with E-state index < -0.39 is 30.6 Å². The molecule has 2 fully saturated rings. The fraction of sp³-hybridized carbons (Fsp3) is 0.417. The number of rotatable bonds is 5. The highest BCUT2D eigenvalue weighted by atomic mass is 35.5. The minimum absolute atomic E-state index is 0.0294. The lowest BCUT2D eigenvalue weighted by atomic mass is 9.98. The Morgan fingerprint density at radius 1 is 1.00 bits per heavy atom. The van der Waals surface area contributed by atoms with Crippen LogP contribution < -0.4 is 5.73 Å². The predicted molar refractivity (Wildman–Crippen MR) is 119 cm³/mol. The minimum Gasteiger partial charge on any atom is -0.388 e. The van der Waals surface area contributed by atoms with Crippen molar-refractivity contribution in [1.29, 1.82) is 0 Å². The minimum atomic E-state index is -1.36. The number of aliphatic hydroxyl groups excluding tert-OH is 3. The molecule has 5 N–H and O–H groups in total. The molecule has 7 heteroatoms. The van der Waals surface area contributed by atoms with Gasteiger partial charge >= 0.3 is 0 Å². The van der Waals surface area contributed by atoms with E-state index in [-0.39, 0.29) is 6.54 Å². The Bertz CT molecular complexity index is 1080. The zero-order valence-corrected chi connectivity index (χ0v) is 17.8. The van der Waals surface area contributed by atoms with E-state index >= 15 is 0 Å². The van der Waals surface area contributed by atoms with Crippen LogP contribution in [0.5, 0.6) is 0 Å². The highest BCUT2D eigenvalue weighted by Crippen LogP contribution is 2.40. The Balaban J connectivity index is 1.53. The molecule has 164 valence electrons. The van der Waals surface area contributed by atoms with Crippen LogP contribution in [0.1, 0.15) is 41.7 Å². The second kappa shape index (κ2) is 8.20. The molecule has 1 aliphatic heterocycles. The van der Waals surface area contributed by atoms with Gasteiger partial charge in [-0.15, -0.1) is 0 Å². The first-order valence-electron chi connectivity index (χ1n) is 10.7. The molecule has 1 aromatic heterocycles. The number of aliphatic hydroxyl groups is 3. The molecule has 6 nitrogen and oxygen atoms in total. The van der Waals surface area contributed by atoms with E-state index in [1.165, 1.54) is 24.0 Å². The van der Waals surface area contributed by atoms with Crippen molar-refractivity contribution in [2.75, 3.05) is 6.54 Å². The van der Waals surface area contributed by atoms with Gasteiger partial charge in [0.1, 0.15) is 24.4 Å². The van der Waals surface area contributed by atoms with E-state index in [4.69, 9.17) is 22.1 Å². The number of nitrogens with two attached hydrogens (primary N) is 1. The summed E-state index contributed by atoms with van der Waals surface area (Å²) in [5.41, 5.74) is 10.1. The molecule has 1 aliphatic carbocycles. The lowest BCUT2D eigenvalue weighted by Gasteiger charge is -2.41. The fourth-order valence-corrected chi connectivity index (χ4v) is 4.88. The third-order valence-electron chi connectivity index (χ3n) is 6.50. The maximum absolute atomic E-state index is 10.7. The summed E-state index contributed by atoms with van der Waals surface area (Å²) in [6.07, 6.45) is -0.444. The van der Waals surface area contributed by atoms with Crippen molar-refractivity contribution < 1.29 is 20.1 Å². The average Bonchev–Trinajstić information content (AvgIpc) is 3.56. The van der Waals surface area contributed by atoms with E-state index in [0.29, 0.717) is 17.4 Å². The number of halogens is 1. The van der Waals surface area contributed by atoms with Crippen LogP contribution in [0, 0.1) is 0 Å². The normalized spacial score (nSPS) is 28.9. The Morgan fingerprint density at radius 2 is 1.74 bits per heavy atom. The lowest BCUT2D eigenvalue weighted by molar-refractivity contribution is -0.241. The van der Waals surface area contributed by atoms with Crippen LogP contribution in [0.15, 0.2) is 48.7 Å². The monoisotopic (exact) mass is 442 g/mol. The van der Waals surface area contributed by atoms with Crippen molar-refractivity contribution in [2.45, 2.75) is 55.8 Å². The summed E-state index contributed by atoms with van der Waals surface area (Å²) >= 11 is 6.57. The predicted octanol–water partition coefficient (Wildman–Crippen LogP) is 2.70. The summed E-state index contributed by atoms with van der Waals surface area (Å²) in [6.45, 7) is 0.0294. The van der Waals surface area contributed by atoms with Crippen LogP contribution >= 0.6 is 11.6 Å². The number of benzene rings is 2. The number of hydrogen-bond acceptors (Lipinski definition) is 5. The van der Waals surface area contributed by atoms with Crippen molar-refractivity contribution in [1.82, 2.24) is 4.57 Å². The highest BCUT2D eigenvalue weighted by molar-refractivity contribution is 6.35. The number of aromatic nitrogens is 1. The second-order valence-electron chi connectivity index (χ2n) is 8.66. The smallest absolute Gasteiger partial charge is 0.163 e. The molecule has 3 aromatic rings. The van der Waals surface area contributed by atoms with Gasteiger partial charge in [-0.05, 0) is 54.0 Å². The Labute approximate surface area is 185 Å². The Kier molecular flexibility index (Phi) is 5.54. The molecule has 0 amide bonds. The molecule has 2 aliphatic rings. The van der Waals surface area contributed by atoms with E-state index in [1.54, 1.807) is 4.57 Å². The standard InChI is InChI=1S/C24H27ClN2O4/c25-17-2-1-3-18-20(17)16(10-13-4-6-14(7-5-13)15-8-9-15)12-27(18)24-23(30)22(29)21(28)19(11-26)31-24/h1-7,12,15,19,21-24,28-30H,8-11,26H2/t19-,21-,22+,23-,24-/m1/s1. The quantitative estimate of drug-likeness (QED) is 0.486. The van der Waals surface area contributed by atoms with Gasteiger partial charge in [-0.3, -0.25) is 0 Å². The van der Waals surface area contributed by atoms with Gasteiger partial charge in [0.15, 0.2) is 6.23 Å². The molecule has 0 bridgehead atoms. The molecular weight excluding hydrogens is 416 g/mol. The summed E-state index contributed by atoms with van der Waals surface area (Å²) in [4.78, 5) is 0. The molecule has 2 heterocycles. The van der Waals surface area contributed by atoms with Crippen LogP contribution in [0.3, 0.4) is 0 Å². The van der Waals surface area contributed by atoms with Gasteiger partial charge in [0, 0.05) is 18.1 Å². The summed E-state index contributed by atoms with van der Waals surface area (Å²) < 4.78 is 7.70. The summed E-state index contributed by atoms with van der Waals surface area (Å²) in [5, 5.41) is 32.7. The molecule has 5 rings (SSSR count). The molecule has 2 aromatic carbocycles. The number of fused-ring (bicyclic) bond motifs is 1. The first-order chi connectivity index (χ1) is 15.0. The third-order valence-corrected chi connectivity index (χ3v) is 6.82. The summed E-state index contributed by atoms with van der Waals surface area (Å²) in [5.74, 6) is 0.715. The molecule has 5 atom stereocenters. The van der Waals surface area contributed by atoms with Crippen molar-refractivity contribution in [3.05, 3.63) is 70.4 Å². The van der Waals surface area contributed by atoms with Gasteiger partial charge in [-0.2, -0.15) is 0 Å². The number of ether oxygens (including phenoxy) is 1. The topological polar surface area (TPSA) is 101 Å². The molecule has 1 saturated carbocycles.